The number of anilines is 1. The Kier molecular flexibility index (Phi) is 3.33. The summed E-state index contributed by atoms with van der Waals surface area (Å²) >= 11 is 3.40. The number of amides is 1. The van der Waals surface area contributed by atoms with Gasteiger partial charge in [-0.25, -0.2) is 0 Å². The Hall–Kier alpha value is -1.69. The van der Waals surface area contributed by atoms with E-state index in [9.17, 15) is 4.79 Å². The van der Waals surface area contributed by atoms with Crippen molar-refractivity contribution < 1.29 is 4.79 Å². The van der Waals surface area contributed by atoms with E-state index in [4.69, 9.17) is 0 Å². The third kappa shape index (κ3) is 2.53. The molecule has 0 spiro atoms. The van der Waals surface area contributed by atoms with Gasteiger partial charge >= 0.3 is 0 Å². The van der Waals surface area contributed by atoms with Gasteiger partial charge in [-0.2, -0.15) is 0 Å². The summed E-state index contributed by atoms with van der Waals surface area (Å²) in [4.78, 5) is 22.4. The lowest BCUT2D eigenvalue weighted by Crippen LogP contribution is -2.28. The van der Waals surface area contributed by atoms with Crippen LogP contribution in [0.15, 0.2) is 29.0 Å². The SMILES string of the molecule is O=C1CCN(c2ccnc3cc(Br)cnc23)CCN1. The van der Waals surface area contributed by atoms with E-state index in [1.54, 1.807) is 12.4 Å². The van der Waals surface area contributed by atoms with Gasteiger partial charge in [0.2, 0.25) is 5.91 Å². The van der Waals surface area contributed by atoms with Crippen LogP contribution in [0.2, 0.25) is 0 Å². The number of carbonyl (C=O) groups is 1. The second-order valence-corrected chi connectivity index (χ2v) is 5.35. The van der Waals surface area contributed by atoms with Gasteiger partial charge in [-0.1, -0.05) is 0 Å². The van der Waals surface area contributed by atoms with Crippen LogP contribution in [0.3, 0.4) is 0 Å². The fraction of sp³-hybridized carbons (Fsp3) is 0.308. The van der Waals surface area contributed by atoms with Crippen LogP contribution >= 0.6 is 15.9 Å². The summed E-state index contributed by atoms with van der Waals surface area (Å²) in [6, 6.07) is 3.91. The molecule has 2 aromatic heterocycles. The molecule has 3 heterocycles. The summed E-state index contributed by atoms with van der Waals surface area (Å²) in [6.45, 7) is 2.17. The van der Waals surface area contributed by atoms with Crippen LogP contribution in [-0.4, -0.2) is 35.5 Å². The molecule has 2 aromatic rings. The molecule has 1 saturated heterocycles. The summed E-state index contributed by atoms with van der Waals surface area (Å²) in [5.74, 6) is 0.108. The summed E-state index contributed by atoms with van der Waals surface area (Å²) in [5, 5.41) is 2.88. The Morgan fingerprint density at radius 3 is 3.11 bits per heavy atom. The first kappa shape index (κ1) is 12.3. The molecule has 0 aromatic carbocycles. The van der Waals surface area contributed by atoms with Crippen molar-refractivity contribution in [3.63, 3.8) is 0 Å². The Labute approximate surface area is 119 Å². The van der Waals surface area contributed by atoms with E-state index in [0.717, 1.165) is 27.7 Å². The predicted octanol–water partition coefficient (Wildman–Crippen LogP) is 1.72. The number of aromatic nitrogens is 2. The fourth-order valence-corrected chi connectivity index (χ4v) is 2.57. The number of hydrogen-bond acceptors (Lipinski definition) is 4. The van der Waals surface area contributed by atoms with Crippen LogP contribution in [0.5, 0.6) is 0 Å². The summed E-state index contributed by atoms with van der Waals surface area (Å²) in [6.07, 6.45) is 4.07. The third-order valence-corrected chi connectivity index (χ3v) is 3.61. The Morgan fingerprint density at radius 1 is 1.32 bits per heavy atom. The number of nitrogens with one attached hydrogen (secondary N) is 1. The summed E-state index contributed by atoms with van der Waals surface area (Å²) in [5.41, 5.74) is 2.77. The van der Waals surface area contributed by atoms with E-state index < -0.39 is 0 Å². The maximum absolute atomic E-state index is 11.4. The molecule has 0 unspecified atom stereocenters. The van der Waals surface area contributed by atoms with E-state index in [0.29, 0.717) is 19.5 Å². The third-order valence-electron chi connectivity index (χ3n) is 3.18. The van der Waals surface area contributed by atoms with Crippen molar-refractivity contribution in [2.45, 2.75) is 6.42 Å². The van der Waals surface area contributed by atoms with E-state index in [1.165, 1.54) is 0 Å². The van der Waals surface area contributed by atoms with Crippen molar-refractivity contribution in [2.75, 3.05) is 24.5 Å². The van der Waals surface area contributed by atoms with Crippen LogP contribution in [-0.2, 0) is 4.79 Å². The average molecular weight is 321 g/mol. The van der Waals surface area contributed by atoms with Gasteiger partial charge in [0.25, 0.3) is 0 Å². The molecular weight excluding hydrogens is 308 g/mol. The highest BCUT2D eigenvalue weighted by molar-refractivity contribution is 9.10. The molecule has 6 heteroatoms. The second kappa shape index (κ2) is 5.13. The number of carbonyl (C=O) groups excluding carboxylic acids is 1. The molecule has 1 aliphatic heterocycles. The minimum absolute atomic E-state index is 0.108. The minimum atomic E-state index is 0.108. The molecule has 98 valence electrons. The lowest BCUT2D eigenvalue weighted by Gasteiger charge is -2.22. The predicted molar refractivity (Wildman–Crippen MR) is 77.1 cm³/mol. The topological polar surface area (TPSA) is 58.1 Å². The smallest absolute Gasteiger partial charge is 0.221 e. The van der Waals surface area contributed by atoms with Gasteiger partial charge in [-0.3, -0.25) is 14.8 Å². The van der Waals surface area contributed by atoms with Gasteiger partial charge < -0.3 is 10.2 Å². The monoisotopic (exact) mass is 320 g/mol. The Morgan fingerprint density at radius 2 is 2.21 bits per heavy atom. The largest absolute Gasteiger partial charge is 0.367 e. The number of rotatable bonds is 1. The first-order valence-electron chi connectivity index (χ1n) is 6.16. The van der Waals surface area contributed by atoms with Gasteiger partial charge in [-0.15, -0.1) is 0 Å². The minimum Gasteiger partial charge on any atom is -0.367 e. The van der Waals surface area contributed by atoms with Crippen molar-refractivity contribution in [1.29, 1.82) is 0 Å². The molecule has 1 amide bonds. The molecule has 0 bridgehead atoms. The molecule has 0 atom stereocenters. The van der Waals surface area contributed by atoms with Gasteiger partial charge in [0.05, 0.1) is 11.2 Å². The number of nitrogens with zero attached hydrogens (tertiary/aromatic N) is 3. The van der Waals surface area contributed by atoms with Crippen LogP contribution in [0.4, 0.5) is 5.69 Å². The van der Waals surface area contributed by atoms with Crippen LogP contribution < -0.4 is 10.2 Å². The van der Waals surface area contributed by atoms with Gasteiger partial charge in [0.1, 0.15) is 5.52 Å². The van der Waals surface area contributed by atoms with Crippen LogP contribution in [0, 0.1) is 0 Å². The molecule has 5 nitrogen and oxygen atoms in total. The molecule has 0 aliphatic carbocycles. The molecule has 1 N–H and O–H groups in total. The zero-order chi connectivity index (χ0) is 13.2. The van der Waals surface area contributed by atoms with Crippen molar-refractivity contribution in [3.05, 3.63) is 29.0 Å². The first-order valence-corrected chi connectivity index (χ1v) is 6.95. The van der Waals surface area contributed by atoms with E-state index in [1.807, 2.05) is 12.1 Å². The molecule has 1 aliphatic rings. The number of fused-ring (bicyclic) bond motifs is 1. The number of hydrogen-bond donors (Lipinski definition) is 1. The number of halogens is 1. The normalized spacial score (nSPS) is 16.3. The highest BCUT2D eigenvalue weighted by Crippen LogP contribution is 2.25. The van der Waals surface area contributed by atoms with Crippen LogP contribution in [0.25, 0.3) is 11.0 Å². The van der Waals surface area contributed by atoms with Gasteiger partial charge in [0.15, 0.2) is 0 Å². The molecular formula is C13H13BrN4O. The highest BCUT2D eigenvalue weighted by atomic mass is 79.9. The van der Waals surface area contributed by atoms with Crippen molar-refractivity contribution >= 4 is 38.6 Å². The maximum atomic E-state index is 11.4. The van der Waals surface area contributed by atoms with Gasteiger partial charge in [-0.05, 0) is 28.1 Å². The lowest BCUT2D eigenvalue weighted by molar-refractivity contribution is -0.120. The molecule has 1 fully saturated rings. The Bertz CT molecular complexity index is 631. The fourth-order valence-electron chi connectivity index (χ4n) is 2.25. The second-order valence-electron chi connectivity index (χ2n) is 4.44. The lowest BCUT2D eigenvalue weighted by atomic mass is 10.2. The molecule has 3 rings (SSSR count). The van der Waals surface area contributed by atoms with Crippen molar-refractivity contribution in [3.8, 4) is 0 Å². The molecule has 0 radical (unpaired) electrons. The van der Waals surface area contributed by atoms with Crippen molar-refractivity contribution in [1.82, 2.24) is 15.3 Å². The van der Waals surface area contributed by atoms with Gasteiger partial charge in [0, 0.05) is 42.9 Å². The zero-order valence-electron chi connectivity index (χ0n) is 10.3. The number of pyridine rings is 2. The van der Waals surface area contributed by atoms with E-state index in [2.05, 4.69) is 36.1 Å². The standard InChI is InChI=1S/C13H13BrN4O/c14-9-7-10-13(17-8-9)11(1-3-15-10)18-5-2-12(19)16-4-6-18/h1,3,7-8H,2,4-6H2,(H,16,19). The van der Waals surface area contributed by atoms with E-state index >= 15 is 0 Å². The van der Waals surface area contributed by atoms with E-state index in [-0.39, 0.29) is 5.91 Å². The quantitative estimate of drug-likeness (QED) is 0.869. The maximum Gasteiger partial charge on any atom is 0.221 e. The summed E-state index contributed by atoms with van der Waals surface area (Å²) in [7, 11) is 0. The Balaban J connectivity index is 2.02. The highest BCUT2D eigenvalue weighted by Gasteiger charge is 2.16. The molecule has 19 heavy (non-hydrogen) atoms. The average Bonchev–Trinajstić information content (AvgIpc) is 2.62. The zero-order valence-corrected chi connectivity index (χ0v) is 11.9. The van der Waals surface area contributed by atoms with Crippen LogP contribution in [0.1, 0.15) is 6.42 Å². The first-order chi connectivity index (χ1) is 9.24. The summed E-state index contributed by atoms with van der Waals surface area (Å²) < 4.78 is 0.914. The molecule has 0 saturated carbocycles. The van der Waals surface area contributed by atoms with Crippen molar-refractivity contribution in [2.24, 2.45) is 0 Å².